The molecular weight excluding hydrogens is 164 g/mol. The van der Waals surface area contributed by atoms with Gasteiger partial charge in [0, 0.05) is 12.6 Å². The van der Waals surface area contributed by atoms with Crippen molar-refractivity contribution in [3.63, 3.8) is 0 Å². The lowest BCUT2D eigenvalue weighted by Crippen LogP contribution is -2.54. The van der Waals surface area contributed by atoms with Crippen molar-refractivity contribution in [1.29, 1.82) is 0 Å². The van der Waals surface area contributed by atoms with Gasteiger partial charge in [0.25, 0.3) is 0 Å². The van der Waals surface area contributed by atoms with Crippen molar-refractivity contribution >= 4 is 0 Å². The molecule has 0 saturated carbocycles. The molecule has 2 heterocycles. The van der Waals surface area contributed by atoms with E-state index >= 15 is 0 Å². The van der Waals surface area contributed by atoms with E-state index in [-0.39, 0.29) is 0 Å². The number of hydrogen-bond donors (Lipinski definition) is 1. The van der Waals surface area contributed by atoms with Crippen LogP contribution in [0.4, 0.5) is 0 Å². The maximum absolute atomic E-state index is 5.74. The number of nitrogens with zero attached hydrogens (tertiary/aromatic N) is 1. The number of nitrogens with one attached hydrogen (secondary N) is 1. The molecule has 76 valence electrons. The van der Waals surface area contributed by atoms with Crippen molar-refractivity contribution in [3.05, 3.63) is 0 Å². The van der Waals surface area contributed by atoms with E-state index in [0.29, 0.717) is 12.3 Å². The number of likely N-dealkylation sites (N-methyl/N-ethyl adjacent to an activating group) is 1. The zero-order valence-electron chi connectivity index (χ0n) is 8.46. The van der Waals surface area contributed by atoms with Crippen LogP contribution in [0, 0.1) is 0 Å². The van der Waals surface area contributed by atoms with Crippen LogP contribution in [0.2, 0.25) is 0 Å². The van der Waals surface area contributed by atoms with Gasteiger partial charge >= 0.3 is 0 Å². The fourth-order valence-electron chi connectivity index (χ4n) is 2.32. The largest absolute Gasteiger partial charge is 0.362 e. The number of rotatable bonds is 1. The molecule has 2 saturated heterocycles. The summed E-state index contributed by atoms with van der Waals surface area (Å²) in [6.45, 7) is 3.28. The molecule has 3 heteroatoms. The van der Waals surface area contributed by atoms with Crippen LogP contribution in [-0.2, 0) is 4.74 Å². The van der Waals surface area contributed by atoms with Crippen molar-refractivity contribution < 1.29 is 4.74 Å². The highest BCUT2D eigenvalue weighted by Crippen LogP contribution is 2.19. The molecule has 2 aliphatic heterocycles. The van der Waals surface area contributed by atoms with Gasteiger partial charge in [0.05, 0.1) is 0 Å². The van der Waals surface area contributed by atoms with Crippen LogP contribution in [0.15, 0.2) is 0 Å². The Morgan fingerprint density at radius 1 is 1.31 bits per heavy atom. The van der Waals surface area contributed by atoms with Crippen molar-refractivity contribution in [2.24, 2.45) is 0 Å². The molecule has 2 atom stereocenters. The molecule has 1 N–H and O–H groups in total. The van der Waals surface area contributed by atoms with Crippen molar-refractivity contribution in [1.82, 2.24) is 10.2 Å². The van der Waals surface area contributed by atoms with Crippen LogP contribution in [0.5, 0.6) is 0 Å². The van der Waals surface area contributed by atoms with E-state index in [1.807, 2.05) is 0 Å². The lowest BCUT2D eigenvalue weighted by Gasteiger charge is -2.39. The molecule has 2 unspecified atom stereocenters. The molecule has 2 aliphatic rings. The Kier molecular flexibility index (Phi) is 3.19. The molecule has 0 aromatic heterocycles. The Morgan fingerprint density at radius 2 is 2.23 bits per heavy atom. The van der Waals surface area contributed by atoms with Crippen molar-refractivity contribution in [3.8, 4) is 0 Å². The fraction of sp³-hybridized carbons (Fsp3) is 1.00. The molecule has 0 aromatic rings. The molecule has 0 aromatic carbocycles. The summed E-state index contributed by atoms with van der Waals surface area (Å²) in [5.74, 6) is 0. The van der Waals surface area contributed by atoms with Crippen molar-refractivity contribution in [2.45, 2.75) is 38.0 Å². The van der Waals surface area contributed by atoms with Gasteiger partial charge in [0.15, 0.2) is 0 Å². The minimum Gasteiger partial charge on any atom is -0.362 e. The molecule has 2 rings (SSSR count). The molecule has 2 fully saturated rings. The monoisotopic (exact) mass is 184 g/mol. The second-order valence-corrected chi connectivity index (χ2v) is 4.14. The third-order valence-corrected chi connectivity index (χ3v) is 3.14. The van der Waals surface area contributed by atoms with Crippen LogP contribution in [0.25, 0.3) is 0 Å². The van der Waals surface area contributed by atoms with E-state index < -0.39 is 0 Å². The average Bonchev–Trinajstić information content (AvgIpc) is 2.20. The lowest BCUT2D eigenvalue weighted by atomic mass is 10.0. The molecule has 0 bridgehead atoms. The van der Waals surface area contributed by atoms with E-state index in [4.69, 9.17) is 4.74 Å². The Hall–Kier alpha value is -0.120. The highest BCUT2D eigenvalue weighted by molar-refractivity contribution is 4.82. The summed E-state index contributed by atoms with van der Waals surface area (Å²) in [4.78, 5) is 2.44. The van der Waals surface area contributed by atoms with E-state index in [0.717, 1.165) is 19.6 Å². The molecule has 0 aliphatic carbocycles. The maximum Gasteiger partial charge on any atom is 0.123 e. The molecular formula is C10H20N2O. The second kappa shape index (κ2) is 4.40. The first-order valence-corrected chi connectivity index (χ1v) is 5.43. The van der Waals surface area contributed by atoms with Crippen LogP contribution < -0.4 is 5.32 Å². The number of hydrogen-bond acceptors (Lipinski definition) is 3. The van der Waals surface area contributed by atoms with Gasteiger partial charge in [-0.3, -0.25) is 10.2 Å². The minimum atomic E-state index is 0.291. The number of piperidine rings is 1. The standard InChI is InChI=1S/C10H20N2O/c1-12-7-3-2-5-9(12)10-11-6-4-8-13-10/h9-11H,2-8H2,1H3. The summed E-state index contributed by atoms with van der Waals surface area (Å²) in [6, 6.07) is 0.606. The summed E-state index contributed by atoms with van der Waals surface area (Å²) >= 11 is 0. The smallest absolute Gasteiger partial charge is 0.123 e. The predicted molar refractivity (Wildman–Crippen MR) is 52.6 cm³/mol. The van der Waals surface area contributed by atoms with Gasteiger partial charge in [-0.05, 0) is 39.4 Å². The Balaban J connectivity index is 1.88. The van der Waals surface area contributed by atoms with Gasteiger partial charge in [-0.2, -0.15) is 0 Å². The van der Waals surface area contributed by atoms with Crippen LogP contribution in [0.1, 0.15) is 25.7 Å². The highest BCUT2D eigenvalue weighted by Gasteiger charge is 2.29. The maximum atomic E-state index is 5.74. The normalized spacial score (nSPS) is 37.6. The second-order valence-electron chi connectivity index (χ2n) is 4.14. The molecule has 0 amide bonds. The molecule has 0 radical (unpaired) electrons. The van der Waals surface area contributed by atoms with E-state index in [1.165, 1.54) is 25.8 Å². The molecule has 0 spiro atoms. The zero-order valence-corrected chi connectivity index (χ0v) is 8.46. The zero-order chi connectivity index (χ0) is 9.10. The summed E-state index contributed by atoms with van der Waals surface area (Å²) in [5, 5.41) is 3.46. The third-order valence-electron chi connectivity index (χ3n) is 3.14. The van der Waals surface area contributed by atoms with Gasteiger partial charge in [0.1, 0.15) is 6.23 Å². The topological polar surface area (TPSA) is 24.5 Å². The predicted octanol–water partition coefficient (Wildman–Crippen LogP) is 0.807. The number of ether oxygens (including phenoxy) is 1. The van der Waals surface area contributed by atoms with Crippen LogP contribution in [0.3, 0.4) is 0 Å². The Morgan fingerprint density at radius 3 is 2.92 bits per heavy atom. The lowest BCUT2D eigenvalue weighted by molar-refractivity contribution is -0.0591. The average molecular weight is 184 g/mol. The van der Waals surface area contributed by atoms with Crippen LogP contribution in [-0.4, -0.2) is 43.9 Å². The van der Waals surface area contributed by atoms with Crippen molar-refractivity contribution in [2.75, 3.05) is 26.7 Å². The van der Waals surface area contributed by atoms with Gasteiger partial charge in [-0.25, -0.2) is 0 Å². The Labute approximate surface area is 80.4 Å². The first-order valence-electron chi connectivity index (χ1n) is 5.43. The highest BCUT2D eigenvalue weighted by atomic mass is 16.5. The summed E-state index contributed by atoms with van der Waals surface area (Å²) in [6.07, 6.45) is 5.44. The molecule has 13 heavy (non-hydrogen) atoms. The van der Waals surface area contributed by atoms with E-state index in [1.54, 1.807) is 0 Å². The summed E-state index contributed by atoms with van der Waals surface area (Å²) < 4.78 is 5.74. The SMILES string of the molecule is CN1CCCCC1C1NCCCO1. The van der Waals surface area contributed by atoms with Crippen LogP contribution >= 0.6 is 0 Å². The summed E-state index contributed by atoms with van der Waals surface area (Å²) in [7, 11) is 2.21. The molecule has 3 nitrogen and oxygen atoms in total. The van der Waals surface area contributed by atoms with E-state index in [2.05, 4.69) is 17.3 Å². The first-order chi connectivity index (χ1) is 6.38. The van der Waals surface area contributed by atoms with Gasteiger partial charge in [-0.1, -0.05) is 6.42 Å². The van der Waals surface area contributed by atoms with Gasteiger partial charge in [0.2, 0.25) is 0 Å². The number of likely N-dealkylation sites (tertiary alicyclic amines) is 1. The van der Waals surface area contributed by atoms with E-state index in [9.17, 15) is 0 Å². The third kappa shape index (κ3) is 2.22. The minimum absolute atomic E-state index is 0.291. The quantitative estimate of drug-likeness (QED) is 0.652. The van der Waals surface area contributed by atoms with Gasteiger partial charge < -0.3 is 4.74 Å². The first kappa shape index (κ1) is 9.44. The van der Waals surface area contributed by atoms with Gasteiger partial charge in [-0.15, -0.1) is 0 Å². The summed E-state index contributed by atoms with van der Waals surface area (Å²) in [5.41, 5.74) is 0. The fourth-order valence-corrected chi connectivity index (χ4v) is 2.32. The Bertz CT molecular complexity index is 157.